The fourth-order valence-electron chi connectivity index (χ4n) is 1.73. The van der Waals surface area contributed by atoms with E-state index < -0.39 is 17.9 Å². The number of amides is 1. The van der Waals surface area contributed by atoms with E-state index >= 15 is 0 Å². The topological polar surface area (TPSA) is 95.9 Å². The molecule has 0 aliphatic carbocycles. The molecule has 0 spiro atoms. The van der Waals surface area contributed by atoms with Crippen molar-refractivity contribution in [1.29, 1.82) is 0 Å². The van der Waals surface area contributed by atoms with Crippen LogP contribution in [-0.2, 0) is 4.79 Å². The molecule has 1 atom stereocenters. The molecule has 1 aromatic rings. The minimum atomic E-state index is -1.08. The molecule has 6 heteroatoms. The first-order valence-corrected chi connectivity index (χ1v) is 6.40. The summed E-state index contributed by atoms with van der Waals surface area (Å²) in [5.74, 6) is -1.53. The summed E-state index contributed by atoms with van der Waals surface area (Å²) < 4.78 is 4.92. The first kappa shape index (κ1) is 15.8. The summed E-state index contributed by atoms with van der Waals surface area (Å²) in [6.07, 6.45) is 1.90. The summed E-state index contributed by atoms with van der Waals surface area (Å²) in [5.41, 5.74) is 0.0218. The van der Waals surface area contributed by atoms with Crippen LogP contribution in [0.25, 0.3) is 0 Å². The van der Waals surface area contributed by atoms with Gasteiger partial charge in [-0.25, -0.2) is 4.79 Å². The van der Waals surface area contributed by atoms with Crippen LogP contribution in [0, 0.1) is 0 Å². The number of ether oxygens (including phenoxy) is 1. The van der Waals surface area contributed by atoms with E-state index in [0.29, 0.717) is 18.6 Å². The molecule has 0 radical (unpaired) electrons. The van der Waals surface area contributed by atoms with Crippen LogP contribution in [0.15, 0.2) is 18.2 Å². The number of unbranched alkanes of at least 4 members (excludes halogenated alkanes) is 1. The highest BCUT2D eigenvalue weighted by Gasteiger charge is 2.21. The van der Waals surface area contributed by atoms with Crippen molar-refractivity contribution in [1.82, 2.24) is 5.32 Å². The van der Waals surface area contributed by atoms with Gasteiger partial charge in [-0.15, -0.1) is 0 Å². The Kier molecular flexibility index (Phi) is 5.83. The van der Waals surface area contributed by atoms with Crippen molar-refractivity contribution >= 4 is 11.9 Å². The number of hydrogen-bond donors (Lipinski definition) is 3. The number of hydrogen-bond acceptors (Lipinski definition) is 4. The zero-order valence-electron chi connectivity index (χ0n) is 11.5. The molecule has 20 heavy (non-hydrogen) atoms. The molecule has 3 N–H and O–H groups in total. The third kappa shape index (κ3) is 4.15. The van der Waals surface area contributed by atoms with E-state index in [9.17, 15) is 14.7 Å². The molecule has 0 aliphatic heterocycles. The fraction of sp³-hybridized carbons (Fsp3) is 0.429. The lowest BCUT2D eigenvalue weighted by Gasteiger charge is -2.14. The van der Waals surface area contributed by atoms with Crippen LogP contribution in [0.5, 0.6) is 11.5 Å². The van der Waals surface area contributed by atoms with Gasteiger partial charge >= 0.3 is 5.97 Å². The number of methoxy groups -OCH3 is 1. The Morgan fingerprint density at radius 3 is 2.60 bits per heavy atom. The Bertz CT molecular complexity index is 486. The van der Waals surface area contributed by atoms with Gasteiger partial charge in [0.2, 0.25) is 0 Å². The normalized spacial score (nSPS) is 11.7. The molecule has 0 bridgehead atoms. The predicted octanol–water partition coefficient (Wildman–Crippen LogP) is 1.77. The number of nitrogens with one attached hydrogen (secondary N) is 1. The smallest absolute Gasteiger partial charge is 0.326 e. The molecule has 0 saturated carbocycles. The monoisotopic (exact) mass is 281 g/mol. The average Bonchev–Trinajstić information content (AvgIpc) is 2.42. The van der Waals surface area contributed by atoms with Crippen LogP contribution in [0.1, 0.15) is 36.5 Å². The molecule has 1 aromatic carbocycles. The molecule has 6 nitrogen and oxygen atoms in total. The SMILES string of the molecule is CCCCC(NC(=O)c1ccc(OC)cc1O)C(=O)O. The molecular formula is C14H19NO5. The number of benzene rings is 1. The van der Waals surface area contributed by atoms with Crippen molar-refractivity contribution in [3.8, 4) is 11.5 Å². The quantitative estimate of drug-likeness (QED) is 0.708. The van der Waals surface area contributed by atoms with Crippen molar-refractivity contribution in [3.05, 3.63) is 23.8 Å². The second-order valence-electron chi connectivity index (χ2n) is 4.39. The molecule has 1 amide bonds. The van der Waals surface area contributed by atoms with Crippen LogP contribution in [-0.4, -0.2) is 35.2 Å². The van der Waals surface area contributed by atoms with Gasteiger partial charge in [0, 0.05) is 6.07 Å². The number of carboxylic acids is 1. The first-order chi connectivity index (χ1) is 9.49. The van der Waals surface area contributed by atoms with E-state index in [0.717, 1.165) is 6.42 Å². The van der Waals surface area contributed by atoms with Gasteiger partial charge < -0.3 is 20.3 Å². The lowest BCUT2D eigenvalue weighted by molar-refractivity contribution is -0.139. The second kappa shape index (κ2) is 7.37. The molecule has 0 heterocycles. The van der Waals surface area contributed by atoms with E-state index in [2.05, 4.69) is 5.32 Å². The average molecular weight is 281 g/mol. The third-order valence-electron chi connectivity index (χ3n) is 2.90. The third-order valence-corrected chi connectivity index (χ3v) is 2.90. The van der Waals surface area contributed by atoms with E-state index in [1.807, 2.05) is 6.92 Å². The maximum Gasteiger partial charge on any atom is 0.326 e. The molecule has 0 aliphatic rings. The van der Waals surface area contributed by atoms with Gasteiger partial charge in [0.25, 0.3) is 5.91 Å². The van der Waals surface area contributed by atoms with Gasteiger partial charge in [-0.05, 0) is 18.6 Å². The first-order valence-electron chi connectivity index (χ1n) is 6.40. The van der Waals surface area contributed by atoms with Gasteiger partial charge in [-0.3, -0.25) is 4.79 Å². The molecule has 0 aromatic heterocycles. The summed E-state index contributed by atoms with van der Waals surface area (Å²) in [4.78, 5) is 23.0. The van der Waals surface area contributed by atoms with Crippen LogP contribution in [0.4, 0.5) is 0 Å². The van der Waals surface area contributed by atoms with Gasteiger partial charge in [0.1, 0.15) is 17.5 Å². The van der Waals surface area contributed by atoms with E-state index in [-0.39, 0.29) is 11.3 Å². The highest BCUT2D eigenvalue weighted by atomic mass is 16.5. The van der Waals surface area contributed by atoms with E-state index in [1.54, 1.807) is 0 Å². The lowest BCUT2D eigenvalue weighted by Crippen LogP contribution is -2.40. The van der Waals surface area contributed by atoms with Crippen molar-refractivity contribution in [2.45, 2.75) is 32.2 Å². The minimum absolute atomic E-state index is 0.0218. The largest absolute Gasteiger partial charge is 0.507 e. The van der Waals surface area contributed by atoms with Gasteiger partial charge in [-0.2, -0.15) is 0 Å². The maximum absolute atomic E-state index is 12.0. The molecule has 0 fully saturated rings. The zero-order valence-corrected chi connectivity index (χ0v) is 11.5. The number of carbonyl (C=O) groups excluding carboxylic acids is 1. The zero-order chi connectivity index (χ0) is 15.1. The fourth-order valence-corrected chi connectivity index (χ4v) is 1.73. The number of phenols is 1. The van der Waals surface area contributed by atoms with Crippen molar-refractivity contribution in [3.63, 3.8) is 0 Å². The number of aromatic hydroxyl groups is 1. The van der Waals surface area contributed by atoms with Gasteiger partial charge in [-0.1, -0.05) is 19.8 Å². The standard InChI is InChI=1S/C14H19NO5/c1-3-4-5-11(14(18)19)15-13(17)10-7-6-9(20-2)8-12(10)16/h6-8,11,16H,3-5H2,1-2H3,(H,15,17)(H,18,19). The highest BCUT2D eigenvalue weighted by Crippen LogP contribution is 2.23. The highest BCUT2D eigenvalue weighted by molar-refractivity contribution is 5.99. The minimum Gasteiger partial charge on any atom is -0.507 e. The van der Waals surface area contributed by atoms with Crippen LogP contribution < -0.4 is 10.1 Å². The Labute approximate surface area is 117 Å². The summed E-state index contributed by atoms with van der Waals surface area (Å²) >= 11 is 0. The maximum atomic E-state index is 12.0. The van der Waals surface area contributed by atoms with Crippen LogP contribution in [0.3, 0.4) is 0 Å². The number of carbonyl (C=O) groups is 2. The predicted molar refractivity (Wildman–Crippen MR) is 73.1 cm³/mol. The number of aliphatic carboxylic acids is 1. The molecule has 1 unspecified atom stereocenters. The van der Waals surface area contributed by atoms with Crippen molar-refractivity contribution < 1.29 is 24.5 Å². The van der Waals surface area contributed by atoms with Crippen molar-refractivity contribution in [2.75, 3.05) is 7.11 Å². The van der Waals surface area contributed by atoms with E-state index in [4.69, 9.17) is 9.84 Å². The number of carboxylic acid groups (broad SMARTS) is 1. The second-order valence-corrected chi connectivity index (χ2v) is 4.39. The number of phenolic OH excluding ortho intramolecular Hbond substituents is 1. The van der Waals surface area contributed by atoms with Crippen LogP contribution >= 0.6 is 0 Å². The Morgan fingerprint density at radius 1 is 1.40 bits per heavy atom. The van der Waals surface area contributed by atoms with E-state index in [1.165, 1.54) is 25.3 Å². The lowest BCUT2D eigenvalue weighted by atomic mass is 10.1. The molecule has 110 valence electrons. The Morgan fingerprint density at radius 2 is 2.10 bits per heavy atom. The molecule has 1 rings (SSSR count). The summed E-state index contributed by atoms with van der Waals surface area (Å²) in [6.45, 7) is 1.94. The van der Waals surface area contributed by atoms with Gasteiger partial charge in [0.15, 0.2) is 0 Å². The summed E-state index contributed by atoms with van der Waals surface area (Å²) in [6, 6.07) is 3.26. The molecule has 0 saturated heterocycles. The summed E-state index contributed by atoms with van der Waals surface area (Å²) in [7, 11) is 1.44. The Hall–Kier alpha value is -2.24. The molecular weight excluding hydrogens is 262 g/mol. The van der Waals surface area contributed by atoms with Crippen molar-refractivity contribution in [2.24, 2.45) is 0 Å². The Balaban J connectivity index is 2.80. The number of rotatable bonds is 7. The van der Waals surface area contributed by atoms with Gasteiger partial charge in [0.05, 0.1) is 12.7 Å². The summed E-state index contributed by atoms with van der Waals surface area (Å²) in [5, 5.41) is 21.2. The van der Waals surface area contributed by atoms with Crippen LogP contribution in [0.2, 0.25) is 0 Å².